The molecule has 0 saturated carbocycles. The summed E-state index contributed by atoms with van der Waals surface area (Å²) in [5.41, 5.74) is 1.93. The molecular weight excluding hydrogens is 318 g/mol. The van der Waals surface area contributed by atoms with Gasteiger partial charge in [-0.15, -0.1) is 0 Å². The molecule has 3 N–H and O–H groups in total. The van der Waals surface area contributed by atoms with E-state index in [0.29, 0.717) is 11.1 Å². The number of para-hydroxylation sites is 1. The predicted molar refractivity (Wildman–Crippen MR) is 92.3 cm³/mol. The number of rotatable bonds is 3. The van der Waals surface area contributed by atoms with Crippen molar-refractivity contribution in [2.45, 2.75) is 0 Å². The third-order valence-corrected chi connectivity index (χ3v) is 4.06. The van der Waals surface area contributed by atoms with Gasteiger partial charge in [-0.05, 0) is 18.2 Å². The molecule has 0 fully saturated rings. The average Bonchev–Trinajstić information content (AvgIpc) is 3.16. The van der Waals surface area contributed by atoms with Crippen molar-refractivity contribution in [1.82, 2.24) is 15.6 Å². The number of aromatic nitrogens is 1. The number of hydrogen-bond donors (Lipinski definition) is 3. The molecular formula is C19H13N3O3. The van der Waals surface area contributed by atoms with Gasteiger partial charge in [0.2, 0.25) is 0 Å². The molecule has 4 rings (SSSR count). The smallest absolute Gasteiger partial charge is 0.275 e. The maximum absolute atomic E-state index is 12.4. The minimum atomic E-state index is -0.616. The molecule has 3 aromatic rings. The summed E-state index contributed by atoms with van der Waals surface area (Å²) in [4.78, 5) is 39.9. The van der Waals surface area contributed by atoms with Crippen LogP contribution in [0.25, 0.3) is 16.5 Å². The topological polar surface area (TPSA) is 91.1 Å². The normalized spacial score (nSPS) is 14.1. The fraction of sp³-hybridized carbons (Fsp3) is 0. The quantitative estimate of drug-likeness (QED) is 0.641. The molecule has 0 spiro atoms. The Morgan fingerprint density at radius 2 is 1.60 bits per heavy atom. The van der Waals surface area contributed by atoms with Crippen molar-refractivity contribution in [2.75, 3.05) is 0 Å². The monoisotopic (exact) mass is 331 g/mol. The van der Waals surface area contributed by atoms with Gasteiger partial charge in [0.25, 0.3) is 17.7 Å². The van der Waals surface area contributed by atoms with Crippen LogP contribution in [0.1, 0.15) is 15.9 Å². The molecule has 0 saturated heterocycles. The van der Waals surface area contributed by atoms with Crippen LogP contribution in [-0.2, 0) is 9.59 Å². The van der Waals surface area contributed by atoms with E-state index < -0.39 is 17.7 Å². The van der Waals surface area contributed by atoms with E-state index in [1.54, 1.807) is 36.5 Å². The first-order chi connectivity index (χ1) is 12.1. The van der Waals surface area contributed by atoms with Crippen molar-refractivity contribution in [3.8, 4) is 0 Å². The fourth-order valence-electron chi connectivity index (χ4n) is 2.89. The second-order valence-electron chi connectivity index (χ2n) is 5.60. The Hall–Kier alpha value is -3.67. The predicted octanol–water partition coefficient (Wildman–Crippen LogP) is 1.97. The highest BCUT2D eigenvalue weighted by Crippen LogP contribution is 2.29. The van der Waals surface area contributed by atoms with E-state index in [-0.39, 0.29) is 11.3 Å². The van der Waals surface area contributed by atoms with Gasteiger partial charge < -0.3 is 10.3 Å². The second-order valence-corrected chi connectivity index (χ2v) is 5.60. The van der Waals surface area contributed by atoms with Crippen LogP contribution in [0, 0.1) is 0 Å². The lowest BCUT2D eigenvalue weighted by molar-refractivity contribution is -0.123. The Bertz CT molecular complexity index is 1050. The van der Waals surface area contributed by atoms with E-state index in [9.17, 15) is 14.4 Å². The van der Waals surface area contributed by atoms with Crippen LogP contribution >= 0.6 is 0 Å². The minimum absolute atomic E-state index is 0.0383. The largest absolute Gasteiger partial charge is 0.361 e. The summed E-state index contributed by atoms with van der Waals surface area (Å²) in [5.74, 6) is -1.59. The van der Waals surface area contributed by atoms with Crippen molar-refractivity contribution in [3.63, 3.8) is 0 Å². The first-order valence-corrected chi connectivity index (χ1v) is 7.68. The molecule has 0 aliphatic carbocycles. The summed E-state index contributed by atoms with van der Waals surface area (Å²) >= 11 is 0. The number of benzene rings is 2. The van der Waals surface area contributed by atoms with Crippen LogP contribution in [0.3, 0.4) is 0 Å². The zero-order chi connectivity index (χ0) is 17.4. The van der Waals surface area contributed by atoms with Gasteiger partial charge >= 0.3 is 0 Å². The maximum Gasteiger partial charge on any atom is 0.275 e. The van der Waals surface area contributed by atoms with Crippen molar-refractivity contribution < 1.29 is 14.4 Å². The lowest BCUT2D eigenvalue weighted by Gasteiger charge is -2.06. The SMILES string of the molecule is O=C1NC(=O)C(c2c[nH]c3ccccc23)=C1NC(=O)c1ccccc1. The van der Waals surface area contributed by atoms with Crippen molar-refractivity contribution >= 4 is 34.2 Å². The van der Waals surface area contributed by atoms with Crippen molar-refractivity contribution in [3.05, 3.63) is 77.6 Å². The Balaban J connectivity index is 1.80. The molecule has 0 radical (unpaired) electrons. The van der Waals surface area contributed by atoms with Crippen molar-refractivity contribution in [1.29, 1.82) is 0 Å². The molecule has 3 amide bonds. The van der Waals surface area contributed by atoms with Gasteiger partial charge in [-0.2, -0.15) is 0 Å². The number of carbonyl (C=O) groups is 3. The van der Waals surface area contributed by atoms with E-state index in [4.69, 9.17) is 0 Å². The van der Waals surface area contributed by atoms with Crippen molar-refractivity contribution in [2.24, 2.45) is 0 Å². The summed E-state index contributed by atoms with van der Waals surface area (Å²) in [6, 6.07) is 15.9. The first-order valence-electron chi connectivity index (χ1n) is 7.68. The Labute approximate surface area is 142 Å². The summed E-state index contributed by atoms with van der Waals surface area (Å²) in [7, 11) is 0. The minimum Gasteiger partial charge on any atom is -0.361 e. The van der Waals surface area contributed by atoms with E-state index >= 15 is 0 Å². The van der Waals surface area contributed by atoms with Crippen LogP contribution in [0.2, 0.25) is 0 Å². The summed E-state index contributed by atoms with van der Waals surface area (Å²) in [6.45, 7) is 0. The Morgan fingerprint density at radius 1 is 0.880 bits per heavy atom. The van der Waals surface area contributed by atoms with Crippen LogP contribution < -0.4 is 10.6 Å². The zero-order valence-corrected chi connectivity index (χ0v) is 13.0. The second kappa shape index (κ2) is 5.76. The van der Waals surface area contributed by atoms with Gasteiger partial charge in [0, 0.05) is 28.2 Å². The van der Waals surface area contributed by atoms with Crippen LogP contribution in [0.5, 0.6) is 0 Å². The summed E-state index contributed by atoms with van der Waals surface area (Å²) in [6.07, 6.45) is 1.66. The molecule has 6 heteroatoms. The molecule has 0 unspecified atom stereocenters. The average molecular weight is 331 g/mol. The van der Waals surface area contributed by atoms with E-state index in [1.165, 1.54) is 0 Å². The highest BCUT2D eigenvalue weighted by Gasteiger charge is 2.33. The maximum atomic E-state index is 12.4. The van der Waals surface area contributed by atoms with Crippen LogP contribution in [-0.4, -0.2) is 22.7 Å². The fourth-order valence-corrected chi connectivity index (χ4v) is 2.89. The van der Waals surface area contributed by atoms with Gasteiger partial charge in [0.15, 0.2) is 0 Å². The number of nitrogens with one attached hydrogen (secondary N) is 3. The summed E-state index contributed by atoms with van der Waals surface area (Å²) in [5, 5.41) is 5.62. The highest BCUT2D eigenvalue weighted by atomic mass is 16.2. The lowest BCUT2D eigenvalue weighted by atomic mass is 10.0. The van der Waals surface area contributed by atoms with Crippen LogP contribution in [0.4, 0.5) is 0 Å². The number of hydrogen-bond acceptors (Lipinski definition) is 3. The van der Waals surface area contributed by atoms with Crippen LogP contribution in [0.15, 0.2) is 66.5 Å². The Morgan fingerprint density at radius 3 is 2.40 bits per heavy atom. The van der Waals surface area contributed by atoms with E-state index in [2.05, 4.69) is 15.6 Å². The first kappa shape index (κ1) is 14.9. The molecule has 122 valence electrons. The van der Waals surface area contributed by atoms with Gasteiger partial charge in [0.1, 0.15) is 5.70 Å². The van der Waals surface area contributed by atoms with E-state index in [0.717, 1.165) is 10.9 Å². The molecule has 6 nitrogen and oxygen atoms in total. The molecule has 2 heterocycles. The number of fused-ring (bicyclic) bond motifs is 1. The van der Waals surface area contributed by atoms with Gasteiger partial charge in [0.05, 0.1) is 5.57 Å². The molecule has 25 heavy (non-hydrogen) atoms. The van der Waals surface area contributed by atoms with Gasteiger partial charge in [-0.25, -0.2) is 0 Å². The summed E-state index contributed by atoms with van der Waals surface area (Å²) < 4.78 is 0. The van der Waals surface area contributed by atoms with Gasteiger partial charge in [-0.1, -0.05) is 36.4 Å². The number of aromatic amines is 1. The molecule has 2 aromatic carbocycles. The lowest BCUT2D eigenvalue weighted by Crippen LogP contribution is -2.30. The zero-order valence-electron chi connectivity index (χ0n) is 13.0. The third-order valence-electron chi connectivity index (χ3n) is 4.06. The number of amides is 3. The Kier molecular flexibility index (Phi) is 3.43. The van der Waals surface area contributed by atoms with Gasteiger partial charge in [-0.3, -0.25) is 19.7 Å². The standard InChI is InChI=1S/C19H13N3O3/c23-17(11-6-2-1-3-7-11)21-16-15(18(24)22-19(16)25)13-10-20-14-9-5-4-8-12(13)14/h1-10,20H,(H2,21,22,23,24,25). The molecule has 1 aromatic heterocycles. The number of imide groups is 1. The molecule has 1 aliphatic rings. The number of H-pyrrole nitrogens is 1. The molecule has 1 aliphatic heterocycles. The number of carbonyl (C=O) groups excluding carboxylic acids is 3. The van der Waals surface area contributed by atoms with E-state index in [1.807, 2.05) is 24.3 Å². The third kappa shape index (κ3) is 2.49. The highest BCUT2D eigenvalue weighted by molar-refractivity contribution is 6.38. The molecule has 0 bridgehead atoms. The molecule has 0 atom stereocenters.